The molecule has 3 aromatic rings. The fourth-order valence-electron chi connectivity index (χ4n) is 3.82. The van der Waals surface area contributed by atoms with Crippen molar-refractivity contribution in [1.82, 2.24) is 10.6 Å². The highest BCUT2D eigenvalue weighted by atomic mass is 35.5. The van der Waals surface area contributed by atoms with Gasteiger partial charge in [-0.2, -0.15) is 13.2 Å². The van der Waals surface area contributed by atoms with Crippen LogP contribution in [0.2, 0.25) is 5.02 Å². The fourth-order valence-corrected chi connectivity index (χ4v) is 3.94. The maximum Gasteiger partial charge on any atom is 0.437 e. The smallest absolute Gasteiger partial charge is 0.437 e. The zero-order valence-electron chi connectivity index (χ0n) is 17.4. The lowest BCUT2D eigenvalue weighted by atomic mass is 9.79. The number of hydrogen-bond donors (Lipinski definition) is 3. The summed E-state index contributed by atoms with van der Waals surface area (Å²) in [7, 11) is 0. The standard InChI is InChI=1S/C22H15ClF3N3O6/c23-13-6-4-11(5-7-13)19(30)17-18(27-20(31)28-21(17,32)22(24,25)26)16-9-8-15(35-16)12-2-1-3-14(10-12)29(33)34/h1-10,17-18,32H,(H2,27,28,31)/t17-,18+,21+/m1/s1. The van der Waals surface area contributed by atoms with Crippen molar-refractivity contribution in [3.05, 3.63) is 87.1 Å². The third-order valence-electron chi connectivity index (χ3n) is 5.49. The Morgan fingerprint density at radius 3 is 2.46 bits per heavy atom. The first kappa shape index (κ1) is 24.2. The van der Waals surface area contributed by atoms with Crippen LogP contribution >= 0.6 is 11.6 Å². The normalized spacial score (nSPS) is 22.3. The predicted molar refractivity (Wildman–Crippen MR) is 115 cm³/mol. The lowest BCUT2D eigenvalue weighted by molar-refractivity contribution is -0.384. The number of nitrogens with one attached hydrogen (secondary N) is 2. The van der Waals surface area contributed by atoms with Gasteiger partial charge in [-0.3, -0.25) is 14.9 Å². The number of nitro groups is 1. The Labute approximate surface area is 199 Å². The van der Waals surface area contributed by atoms with Crippen LogP contribution in [-0.2, 0) is 0 Å². The fraction of sp³-hybridized carbons (Fsp3) is 0.182. The molecule has 13 heteroatoms. The van der Waals surface area contributed by atoms with E-state index in [0.717, 1.165) is 0 Å². The number of aliphatic hydroxyl groups is 1. The average Bonchev–Trinajstić information content (AvgIpc) is 3.28. The molecule has 0 bridgehead atoms. The molecule has 3 N–H and O–H groups in total. The minimum Gasteiger partial charge on any atom is -0.459 e. The van der Waals surface area contributed by atoms with Crippen molar-refractivity contribution in [3.63, 3.8) is 0 Å². The van der Waals surface area contributed by atoms with Gasteiger partial charge in [-0.25, -0.2) is 4.79 Å². The molecule has 2 amide bonds. The van der Waals surface area contributed by atoms with Gasteiger partial charge < -0.3 is 20.2 Å². The maximum absolute atomic E-state index is 14.0. The van der Waals surface area contributed by atoms with Crippen molar-refractivity contribution < 1.29 is 37.2 Å². The highest BCUT2D eigenvalue weighted by Crippen LogP contribution is 2.44. The zero-order chi connectivity index (χ0) is 25.5. The quantitative estimate of drug-likeness (QED) is 0.261. The highest BCUT2D eigenvalue weighted by molar-refractivity contribution is 6.30. The number of nitro benzene ring substituents is 1. The van der Waals surface area contributed by atoms with Crippen molar-refractivity contribution in [1.29, 1.82) is 0 Å². The summed E-state index contributed by atoms with van der Waals surface area (Å²) in [4.78, 5) is 35.8. The number of carbonyl (C=O) groups is 2. The minimum absolute atomic E-state index is 0.0322. The van der Waals surface area contributed by atoms with Crippen LogP contribution in [0.4, 0.5) is 23.7 Å². The number of urea groups is 1. The van der Waals surface area contributed by atoms with E-state index in [1.165, 1.54) is 66.0 Å². The number of nitrogens with zero attached hydrogens (tertiary/aromatic N) is 1. The summed E-state index contributed by atoms with van der Waals surface area (Å²) in [5.74, 6) is -3.70. The second kappa shape index (κ2) is 8.71. The van der Waals surface area contributed by atoms with Gasteiger partial charge in [-0.1, -0.05) is 23.7 Å². The number of Topliss-reactive ketones (excluding diaryl/α,β-unsaturated/α-hetero) is 1. The van der Waals surface area contributed by atoms with Crippen molar-refractivity contribution in [2.24, 2.45) is 5.92 Å². The third-order valence-corrected chi connectivity index (χ3v) is 5.74. The molecule has 1 saturated heterocycles. The molecule has 3 atom stereocenters. The van der Waals surface area contributed by atoms with Crippen LogP contribution in [0.25, 0.3) is 11.3 Å². The first-order valence-corrected chi connectivity index (χ1v) is 10.3. The first-order chi connectivity index (χ1) is 16.4. The molecule has 0 radical (unpaired) electrons. The van der Waals surface area contributed by atoms with E-state index in [-0.39, 0.29) is 33.4 Å². The topological polar surface area (TPSA) is 135 Å². The van der Waals surface area contributed by atoms with Gasteiger partial charge in [0, 0.05) is 28.3 Å². The number of rotatable bonds is 5. The number of benzene rings is 2. The van der Waals surface area contributed by atoms with Gasteiger partial charge >= 0.3 is 12.2 Å². The molecule has 0 unspecified atom stereocenters. The number of furan rings is 1. The summed E-state index contributed by atoms with van der Waals surface area (Å²) in [6.45, 7) is 0. The molecule has 4 rings (SSSR count). The lowest BCUT2D eigenvalue weighted by Gasteiger charge is -2.44. The molecule has 0 aliphatic carbocycles. The Morgan fingerprint density at radius 1 is 1.14 bits per heavy atom. The lowest BCUT2D eigenvalue weighted by Crippen LogP contribution is -2.72. The number of non-ortho nitro benzene ring substituents is 1. The van der Waals surface area contributed by atoms with Crippen LogP contribution in [0.3, 0.4) is 0 Å². The van der Waals surface area contributed by atoms with Crippen LogP contribution in [0, 0.1) is 16.0 Å². The molecule has 9 nitrogen and oxygen atoms in total. The molecule has 0 saturated carbocycles. The van der Waals surface area contributed by atoms with Crippen molar-refractivity contribution in [2.75, 3.05) is 0 Å². The Kier molecular flexibility index (Phi) is 6.03. The Hall–Kier alpha value is -3.90. The summed E-state index contributed by atoms with van der Waals surface area (Å²) >= 11 is 5.80. The Morgan fingerprint density at radius 2 is 1.83 bits per heavy atom. The summed E-state index contributed by atoms with van der Waals surface area (Å²) < 4.78 is 47.6. The van der Waals surface area contributed by atoms with Crippen molar-refractivity contribution in [2.45, 2.75) is 17.9 Å². The van der Waals surface area contributed by atoms with E-state index in [9.17, 15) is 38.0 Å². The second-order valence-electron chi connectivity index (χ2n) is 7.70. The summed E-state index contributed by atoms with van der Waals surface area (Å²) in [5.41, 5.74) is -4.15. The van der Waals surface area contributed by atoms with Gasteiger partial charge in [0.05, 0.1) is 4.92 Å². The zero-order valence-corrected chi connectivity index (χ0v) is 18.1. The van der Waals surface area contributed by atoms with Crippen molar-refractivity contribution >= 4 is 29.1 Å². The molecular formula is C22H15ClF3N3O6. The Balaban J connectivity index is 1.80. The molecule has 0 spiro atoms. The summed E-state index contributed by atoms with van der Waals surface area (Å²) in [6, 6.07) is 9.64. The number of alkyl halides is 3. The number of halogens is 4. The largest absolute Gasteiger partial charge is 0.459 e. The van der Waals surface area contributed by atoms with Gasteiger partial charge in [0.25, 0.3) is 5.69 Å². The molecule has 1 aliphatic heterocycles. The van der Waals surface area contributed by atoms with Crippen LogP contribution in [0.5, 0.6) is 0 Å². The second-order valence-corrected chi connectivity index (χ2v) is 8.13. The summed E-state index contributed by atoms with van der Waals surface area (Å²) in [6.07, 6.45) is -5.44. The third kappa shape index (κ3) is 4.45. The maximum atomic E-state index is 14.0. The van der Waals surface area contributed by atoms with E-state index >= 15 is 0 Å². The Bertz CT molecular complexity index is 1310. The SMILES string of the molecule is O=C1N[C@@H](c2ccc(-c3cccc([N+](=O)[O-])c3)o2)[C@H](C(=O)c2ccc(Cl)cc2)[C@](O)(C(F)(F)F)N1. The summed E-state index contributed by atoms with van der Waals surface area (Å²) in [5, 5.41) is 25.5. The number of hydrogen-bond acceptors (Lipinski definition) is 6. The predicted octanol–water partition coefficient (Wildman–Crippen LogP) is 4.61. The van der Waals surface area contributed by atoms with Crippen LogP contribution in [-0.4, -0.2) is 33.7 Å². The number of carbonyl (C=O) groups excluding carboxylic acids is 2. The first-order valence-electron chi connectivity index (χ1n) is 9.93. The van der Waals surface area contributed by atoms with Crippen LogP contribution in [0.1, 0.15) is 22.2 Å². The average molecular weight is 510 g/mol. The monoisotopic (exact) mass is 509 g/mol. The van der Waals surface area contributed by atoms with E-state index in [0.29, 0.717) is 0 Å². The number of ketones is 1. The molecule has 182 valence electrons. The van der Waals surface area contributed by atoms with E-state index in [1.54, 1.807) is 0 Å². The molecule has 35 heavy (non-hydrogen) atoms. The van der Waals surface area contributed by atoms with E-state index in [2.05, 4.69) is 5.32 Å². The van der Waals surface area contributed by atoms with Gasteiger partial charge in [0.2, 0.25) is 5.72 Å². The molecular weight excluding hydrogens is 495 g/mol. The molecule has 1 aliphatic rings. The van der Waals surface area contributed by atoms with Crippen LogP contribution < -0.4 is 10.6 Å². The van der Waals surface area contributed by atoms with Crippen molar-refractivity contribution in [3.8, 4) is 11.3 Å². The minimum atomic E-state index is -5.44. The van der Waals surface area contributed by atoms with E-state index < -0.39 is 40.6 Å². The van der Waals surface area contributed by atoms with Gasteiger partial charge in [-0.15, -0.1) is 0 Å². The van der Waals surface area contributed by atoms with Gasteiger partial charge in [0.1, 0.15) is 23.5 Å². The molecule has 1 aromatic heterocycles. The molecule has 2 heterocycles. The van der Waals surface area contributed by atoms with Gasteiger partial charge in [0.15, 0.2) is 5.78 Å². The molecule has 1 fully saturated rings. The number of amides is 2. The van der Waals surface area contributed by atoms with E-state index in [4.69, 9.17) is 16.0 Å². The van der Waals surface area contributed by atoms with Gasteiger partial charge in [-0.05, 0) is 36.4 Å². The molecule has 2 aromatic carbocycles. The van der Waals surface area contributed by atoms with E-state index in [1.807, 2.05) is 0 Å². The highest BCUT2D eigenvalue weighted by Gasteiger charge is 2.66. The van der Waals surface area contributed by atoms with Crippen LogP contribution in [0.15, 0.2) is 65.1 Å².